The first-order valence-corrected chi connectivity index (χ1v) is 10.0. The topological polar surface area (TPSA) is 41.6 Å². The number of carbonyl (C=O) groups excluding carboxylic acids is 1. The van der Waals surface area contributed by atoms with Crippen LogP contribution in [0.25, 0.3) is 0 Å². The van der Waals surface area contributed by atoms with E-state index in [4.69, 9.17) is 4.74 Å². The van der Waals surface area contributed by atoms with Gasteiger partial charge >= 0.3 is 0 Å². The molecule has 3 rings (SSSR count). The van der Waals surface area contributed by atoms with Crippen molar-refractivity contribution in [2.24, 2.45) is 0 Å². The van der Waals surface area contributed by atoms with E-state index in [0.29, 0.717) is 6.54 Å². The molecule has 4 heteroatoms. The lowest BCUT2D eigenvalue weighted by Gasteiger charge is -2.22. The molecular formula is C23H30N2O2. The second-order valence-corrected chi connectivity index (χ2v) is 7.27. The highest BCUT2D eigenvalue weighted by molar-refractivity contribution is 5.77. The lowest BCUT2D eigenvalue weighted by atomic mass is 10.1. The van der Waals surface area contributed by atoms with E-state index >= 15 is 0 Å². The fourth-order valence-corrected chi connectivity index (χ4v) is 3.38. The minimum Gasteiger partial charge on any atom is -0.484 e. The molecule has 0 radical (unpaired) electrons. The summed E-state index contributed by atoms with van der Waals surface area (Å²) in [7, 11) is 0. The molecule has 0 spiro atoms. The number of nitrogens with one attached hydrogen (secondary N) is 1. The maximum atomic E-state index is 11.9. The maximum absolute atomic E-state index is 11.9. The molecule has 27 heavy (non-hydrogen) atoms. The summed E-state index contributed by atoms with van der Waals surface area (Å²) in [6, 6.07) is 16.5. The molecule has 1 heterocycles. The van der Waals surface area contributed by atoms with E-state index in [1.54, 1.807) is 0 Å². The van der Waals surface area contributed by atoms with Gasteiger partial charge in [-0.2, -0.15) is 0 Å². The third-order valence-electron chi connectivity index (χ3n) is 5.03. The number of nitrogens with zero attached hydrogens (tertiary/aromatic N) is 1. The van der Waals surface area contributed by atoms with Crippen molar-refractivity contribution < 1.29 is 9.53 Å². The van der Waals surface area contributed by atoms with E-state index in [9.17, 15) is 4.79 Å². The van der Waals surface area contributed by atoms with Crippen LogP contribution in [0.3, 0.4) is 0 Å². The van der Waals surface area contributed by atoms with Crippen LogP contribution in [0.5, 0.6) is 5.75 Å². The molecule has 1 N–H and O–H groups in total. The zero-order valence-electron chi connectivity index (χ0n) is 16.2. The van der Waals surface area contributed by atoms with Gasteiger partial charge in [0, 0.05) is 25.3 Å². The first-order valence-electron chi connectivity index (χ1n) is 10.0. The molecule has 0 bridgehead atoms. The van der Waals surface area contributed by atoms with Crippen molar-refractivity contribution >= 4 is 11.6 Å². The number of carbonyl (C=O) groups is 1. The molecule has 1 aliphatic heterocycles. The maximum Gasteiger partial charge on any atom is 0.257 e. The Bertz CT molecular complexity index is 702. The van der Waals surface area contributed by atoms with Crippen LogP contribution >= 0.6 is 0 Å². The van der Waals surface area contributed by atoms with Gasteiger partial charge < -0.3 is 15.0 Å². The molecule has 0 atom stereocenters. The predicted molar refractivity (Wildman–Crippen MR) is 111 cm³/mol. The molecular weight excluding hydrogens is 336 g/mol. The molecule has 0 aliphatic carbocycles. The monoisotopic (exact) mass is 366 g/mol. The Balaban J connectivity index is 1.38. The highest BCUT2D eigenvalue weighted by Crippen LogP contribution is 2.20. The first kappa shape index (κ1) is 19.3. The van der Waals surface area contributed by atoms with Crippen LogP contribution in [0.4, 0.5) is 5.69 Å². The van der Waals surface area contributed by atoms with Crippen molar-refractivity contribution in [3.8, 4) is 5.75 Å². The molecule has 0 saturated carbocycles. The van der Waals surface area contributed by atoms with E-state index in [0.717, 1.165) is 25.3 Å². The summed E-state index contributed by atoms with van der Waals surface area (Å²) in [5.41, 5.74) is 3.73. The number of anilines is 1. The normalized spacial score (nSPS) is 14.5. The molecule has 1 amide bonds. The fraction of sp³-hybridized carbons (Fsp3) is 0.435. The summed E-state index contributed by atoms with van der Waals surface area (Å²) in [5, 5.41) is 2.92. The summed E-state index contributed by atoms with van der Waals surface area (Å²) in [6.07, 6.45) is 6.11. The summed E-state index contributed by atoms with van der Waals surface area (Å²) in [5.74, 6) is 0.636. The number of ether oxygens (including phenoxy) is 1. The highest BCUT2D eigenvalue weighted by atomic mass is 16.5. The first-order chi connectivity index (χ1) is 13.2. The van der Waals surface area contributed by atoms with Crippen molar-refractivity contribution in [2.75, 3.05) is 31.1 Å². The van der Waals surface area contributed by atoms with Crippen LogP contribution < -0.4 is 15.0 Å². The largest absolute Gasteiger partial charge is 0.484 e. The van der Waals surface area contributed by atoms with Gasteiger partial charge in [0.2, 0.25) is 0 Å². The van der Waals surface area contributed by atoms with E-state index in [1.807, 2.05) is 31.2 Å². The van der Waals surface area contributed by atoms with Gasteiger partial charge in [0.1, 0.15) is 5.75 Å². The predicted octanol–water partition coefficient (Wildman–Crippen LogP) is 4.11. The smallest absolute Gasteiger partial charge is 0.257 e. The van der Waals surface area contributed by atoms with Gasteiger partial charge in [0.05, 0.1) is 0 Å². The second-order valence-electron chi connectivity index (χ2n) is 7.27. The Morgan fingerprint density at radius 3 is 2.30 bits per heavy atom. The Morgan fingerprint density at radius 2 is 1.63 bits per heavy atom. The van der Waals surface area contributed by atoms with Gasteiger partial charge in [-0.25, -0.2) is 0 Å². The Morgan fingerprint density at radius 1 is 0.963 bits per heavy atom. The Kier molecular flexibility index (Phi) is 7.14. The van der Waals surface area contributed by atoms with Crippen molar-refractivity contribution in [2.45, 2.75) is 39.0 Å². The van der Waals surface area contributed by atoms with Crippen LogP contribution in [0.1, 0.15) is 36.8 Å². The van der Waals surface area contributed by atoms with Crippen LogP contribution in [-0.4, -0.2) is 32.1 Å². The molecule has 0 unspecified atom stereocenters. The fourth-order valence-electron chi connectivity index (χ4n) is 3.38. The van der Waals surface area contributed by atoms with Crippen LogP contribution in [0.15, 0.2) is 48.5 Å². The van der Waals surface area contributed by atoms with Crippen LogP contribution in [-0.2, 0) is 11.2 Å². The molecule has 1 fully saturated rings. The van der Waals surface area contributed by atoms with Gasteiger partial charge in [-0.05, 0) is 56.0 Å². The van der Waals surface area contributed by atoms with E-state index in [-0.39, 0.29) is 12.5 Å². The summed E-state index contributed by atoms with van der Waals surface area (Å²) in [4.78, 5) is 14.4. The molecule has 2 aromatic carbocycles. The van der Waals surface area contributed by atoms with Gasteiger partial charge in [0.15, 0.2) is 6.61 Å². The van der Waals surface area contributed by atoms with Crippen LogP contribution in [0, 0.1) is 6.92 Å². The van der Waals surface area contributed by atoms with E-state index in [1.165, 1.54) is 42.5 Å². The summed E-state index contributed by atoms with van der Waals surface area (Å²) < 4.78 is 5.50. The van der Waals surface area contributed by atoms with Crippen LogP contribution in [0.2, 0.25) is 0 Å². The number of amides is 1. The SMILES string of the molecule is Cc1ccc(OCC(=O)NCCc2ccc(N3CCCCCC3)cc2)cc1. The Labute approximate surface area is 162 Å². The lowest BCUT2D eigenvalue weighted by molar-refractivity contribution is -0.123. The second kappa shape index (κ2) is 10.0. The standard InChI is InChI=1S/C23H30N2O2/c1-19-6-12-22(13-7-19)27-18-23(26)24-15-14-20-8-10-21(11-9-20)25-16-4-2-3-5-17-25/h6-13H,2-5,14-18H2,1H3,(H,24,26). The number of benzene rings is 2. The lowest BCUT2D eigenvalue weighted by Crippen LogP contribution is -2.30. The number of rotatable bonds is 7. The minimum absolute atomic E-state index is 0.0525. The third-order valence-corrected chi connectivity index (χ3v) is 5.03. The van der Waals surface area contributed by atoms with Crippen molar-refractivity contribution in [3.63, 3.8) is 0 Å². The number of hydrogen-bond acceptors (Lipinski definition) is 3. The quantitative estimate of drug-likeness (QED) is 0.802. The average Bonchev–Trinajstić information content (AvgIpc) is 2.98. The Hall–Kier alpha value is -2.49. The molecule has 1 saturated heterocycles. The third kappa shape index (κ3) is 6.31. The minimum atomic E-state index is -0.0863. The average molecular weight is 367 g/mol. The zero-order valence-corrected chi connectivity index (χ0v) is 16.2. The van der Waals surface area contributed by atoms with Crippen molar-refractivity contribution in [1.29, 1.82) is 0 Å². The van der Waals surface area contributed by atoms with Gasteiger partial charge in [-0.3, -0.25) is 4.79 Å². The van der Waals surface area contributed by atoms with Gasteiger partial charge in [-0.15, -0.1) is 0 Å². The van der Waals surface area contributed by atoms with Crippen molar-refractivity contribution in [3.05, 3.63) is 59.7 Å². The molecule has 2 aromatic rings. The van der Waals surface area contributed by atoms with Crippen molar-refractivity contribution in [1.82, 2.24) is 5.32 Å². The van der Waals surface area contributed by atoms with E-state index < -0.39 is 0 Å². The number of hydrogen-bond donors (Lipinski definition) is 1. The molecule has 0 aromatic heterocycles. The highest BCUT2D eigenvalue weighted by Gasteiger charge is 2.09. The zero-order chi connectivity index (χ0) is 18.9. The van der Waals surface area contributed by atoms with Gasteiger partial charge in [0.25, 0.3) is 5.91 Å². The number of aryl methyl sites for hydroxylation is 1. The summed E-state index contributed by atoms with van der Waals surface area (Å²) >= 11 is 0. The summed E-state index contributed by atoms with van der Waals surface area (Å²) in [6.45, 7) is 5.03. The molecule has 144 valence electrons. The molecule has 1 aliphatic rings. The molecule has 4 nitrogen and oxygen atoms in total. The van der Waals surface area contributed by atoms with E-state index in [2.05, 4.69) is 34.5 Å². The van der Waals surface area contributed by atoms with Gasteiger partial charge in [-0.1, -0.05) is 42.7 Å².